The van der Waals surface area contributed by atoms with Crippen molar-refractivity contribution >= 4 is 59.9 Å². The van der Waals surface area contributed by atoms with Gasteiger partial charge in [0, 0.05) is 184 Å². The van der Waals surface area contributed by atoms with Gasteiger partial charge in [-0.3, -0.25) is 43.5 Å². The molecule has 0 bridgehead atoms. The van der Waals surface area contributed by atoms with Gasteiger partial charge in [-0.2, -0.15) is 32.4 Å². The molecule has 26 heteroatoms. The number of aromatic amines is 1. The third-order valence-corrected chi connectivity index (χ3v) is 23.1. The van der Waals surface area contributed by atoms with Gasteiger partial charge < -0.3 is 32.4 Å². The molecule has 20 aromatic rings. The molecule has 0 aliphatic heterocycles. The molecule has 0 aliphatic rings. The molecule has 0 unspecified atom stereocenters. The molecule has 20 rings (SSSR count). The quantitative estimate of drug-likeness (QED) is 0.0740. The Bertz CT molecular complexity index is 8060. The van der Waals surface area contributed by atoms with Crippen LogP contribution in [-0.2, 0) is 101 Å². The van der Waals surface area contributed by atoms with Crippen LogP contribution in [0.4, 0.5) is 14.5 Å². The average molecular weight is 2730 g/mol. The van der Waals surface area contributed by atoms with Gasteiger partial charge in [0.05, 0.1) is 48.4 Å². The van der Waals surface area contributed by atoms with Crippen LogP contribution in [0.3, 0.4) is 0 Å². The fourth-order valence-corrected chi connectivity index (χ4v) is 16.7. The van der Waals surface area contributed by atoms with Gasteiger partial charge in [-0.15, -0.1) is 119 Å². The molecule has 5 radical (unpaired) electrons. The van der Waals surface area contributed by atoms with E-state index in [2.05, 4.69) is 242 Å². The number of imidazole rings is 5. The number of ether oxygens (including phenoxy) is 1. The van der Waals surface area contributed by atoms with Gasteiger partial charge in [0.2, 0.25) is 0 Å². The minimum Gasteiger partial charge on any atom is -0.500 e. The van der Waals surface area contributed by atoms with E-state index in [1.807, 2.05) is 142 Å². The van der Waals surface area contributed by atoms with Crippen LogP contribution in [0.2, 0.25) is 0 Å². The molecule has 19 nitrogen and oxygen atoms in total. The van der Waals surface area contributed by atoms with Crippen LogP contribution in [0.15, 0.2) is 278 Å². The van der Waals surface area contributed by atoms with E-state index < -0.39 is 11.6 Å². The molecule has 7 aromatic heterocycles. The summed E-state index contributed by atoms with van der Waals surface area (Å²) in [7, 11) is 1.65. The maximum atomic E-state index is 14.9. The summed E-state index contributed by atoms with van der Waals surface area (Å²) >= 11 is 0. The molecule has 0 spiro atoms. The zero-order chi connectivity index (χ0) is 94.8. The average Bonchev–Trinajstić information content (AvgIpc) is 1.39. The van der Waals surface area contributed by atoms with E-state index in [9.17, 15) is 29.8 Å². The standard InChI is InChI=1S/C28H16N3.C25H20N3.C23H23FN3O.C22H19FN5.C16H8N3O.5Ir/c29-17-20-18-31(21-8-2-1-3-9-21)28(30-20)19-14-15-26-24-12-5-4-10-22(24)23-11-6-7-13-25(23)27(26)16-19;1-17-9-11-21(12-10-17)25-27-23(15-26)16-28(25)24-18(2)13-22(14-19(24)3)20-7-5-4-6-8-20;1-14(2)19-10-17(28-5)11-20(15(3)4)22(19)27-13-16(12-25)26-23(27)18-8-6-7-9-21(18)24;1-13(2)17-10-26-11-18(14(3)4)21(17)28-12-15(9-24)27-22(28)16-7-6-8-19(25-5)20(16)23;17-8-11-9-18-16(19-11)10-5-6-15-13(7-10)12-3-1-2-4-14(12)20-15;;;;;/h1-13,15-16,18H;4-11,13-14,16H,1-3H3;6-7,9-11,13-15H,1-5H3;6,8,10-14H,1-4H3;1-4,6-7,9H,(H,18,19);;;;;/q5*-1;;;;;. The molecule has 703 valence electrons. The second-order valence-corrected chi connectivity index (χ2v) is 33.4. The van der Waals surface area contributed by atoms with Crippen molar-refractivity contribution in [2.75, 3.05) is 7.11 Å². The summed E-state index contributed by atoms with van der Waals surface area (Å²) in [6.07, 6.45) is 12.0. The summed E-state index contributed by atoms with van der Waals surface area (Å²) in [5.41, 5.74) is 19.5. The molecule has 0 fully saturated rings. The molecule has 0 amide bonds. The summed E-state index contributed by atoms with van der Waals surface area (Å²) in [6, 6.07) is 101. The number of furan rings is 1. The van der Waals surface area contributed by atoms with Gasteiger partial charge in [0.1, 0.15) is 75.8 Å². The van der Waals surface area contributed by atoms with Crippen LogP contribution in [0.5, 0.6) is 5.75 Å². The fraction of sp³-hybridized carbons (Fsp3) is 0.140. The van der Waals surface area contributed by atoms with Crippen LogP contribution >= 0.6 is 0 Å². The second kappa shape index (κ2) is 47.2. The van der Waals surface area contributed by atoms with E-state index in [-0.39, 0.29) is 158 Å². The molecular weight excluding hydrogens is 2640 g/mol. The van der Waals surface area contributed by atoms with Crippen LogP contribution in [-0.4, -0.2) is 60.3 Å². The van der Waals surface area contributed by atoms with Gasteiger partial charge in [-0.1, -0.05) is 210 Å². The van der Waals surface area contributed by atoms with Crippen LogP contribution in [0.25, 0.3) is 150 Å². The normalized spacial score (nSPS) is 10.6. The number of aryl methyl sites for hydroxylation is 3. The largest absolute Gasteiger partial charge is 0.500 e. The SMILES string of the molecule is COc1cc(C(C)C)c(-n2cc(C#N)nc2-c2[c-]cccc2F)c(C(C)C)c1.Cc1c[c-]c(-c2nc(C#N)cn2-c2c(C)cc(-c3ccccc3)cc2C)cc1.N#Cc1c[nH]c(-c2[c-]cc3oc4ccccc4c3c2)n1.N#Cc1cn(-c2ccccc2)c(-c2[c-]cc3c4ccccc4c4ccccc4c3c2)n1.[C-]#[N+]c1cc[c-]c(-c2nc(C#N)cn2-c2c(C(C)C)cncc2C(C)C)c1F.[Ir].[Ir].[Ir].[Ir].[Ir]. The van der Waals surface area contributed by atoms with E-state index in [1.165, 1.54) is 50.9 Å². The number of para-hydroxylation sites is 2. The minimum absolute atomic E-state index is 0. The van der Waals surface area contributed by atoms with Gasteiger partial charge >= 0.3 is 0 Å². The number of halogens is 2. The van der Waals surface area contributed by atoms with Crippen molar-refractivity contribution in [2.24, 2.45) is 0 Å². The molecule has 13 aromatic carbocycles. The number of pyridine rings is 1. The van der Waals surface area contributed by atoms with Gasteiger partial charge in [-0.05, 0) is 141 Å². The minimum atomic E-state index is -0.694. The zero-order valence-corrected chi connectivity index (χ0v) is 89.7. The zero-order valence-electron chi connectivity index (χ0n) is 77.7. The predicted molar refractivity (Wildman–Crippen MR) is 524 cm³/mol. The van der Waals surface area contributed by atoms with E-state index >= 15 is 0 Å². The first-order valence-corrected chi connectivity index (χ1v) is 43.7. The maximum Gasteiger partial charge on any atom is 0.148 e. The molecule has 0 atom stereocenters. The van der Waals surface area contributed by atoms with Crippen molar-refractivity contribution < 1.29 is 118 Å². The van der Waals surface area contributed by atoms with Crippen LogP contribution < -0.4 is 4.74 Å². The van der Waals surface area contributed by atoms with Gasteiger partial charge in [0.25, 0.3) is 0 Å². The summed E-state index contributed by atoms with van der Waals surface area (Å²) in [5.74, 6) is 3.03. The van der Waals surface area contributed by atoms with Crippen molar-refractivity contribution in [3.8, 4) is 127 Å². The summed E-state index contributed by atoms with van der Waals surface area (Å²) in [6.45, 7) is 30.0. The maximum absolute atomic E-state index is 14.9. The molecular formula is C114H86F2Ir5N17O2-5. The Morgan fingerprint density at radius 2 is 0.871 bits per heavy atom. The van der Waals surface area contributed by atoms with E-state index in [1.54, 1.807) is 73.3 Å². The summed E-state index contributed by atoms with van der Waals surface area (Å²) < 4.78 is 48.2. The topological polar surface area (TPSA) is 259 Å². The number of nitrogens with zero attached hydrogens (tertiary/aromatic N) is 16. The van der Waals surface area contributed by atoms with E-state index in [4.69, 9.17) is 21.0 Å². The van der Waals surface area contributed by atoms with E-state index in [0.717, 1.165) is 123 Å². The van der Waals surface area contributed by atoms with Gasteiger partial charge in [-0.25, -0.2) is 0 Å². The fourth-order valence-electron chi connectivity index (χ4n) is 16.7. The van der Waals surface area contributed by atoms with Crippen molar-refractivity contribution in [3.63, 3.8) is 0 Å². The molecule has 7 heterocycles. The Balaban J connectivity index is 0.000000167. The predicted octanol–water partition coefficient (Wildman–Crippen LogP) is 27.3. The Morgan fingerprint density at radius 1 is 0.407 bits per heavy atom. The Hall–Kier alpha value is -14.5. The number of hydrogen-bond donors (Lipinski definition) is 1. The van der Waals surface area contributed by atoms with Crippen molar-refractivity contribution in [1.29, 1.82) is 26.3 Å². The monoisotopic (exact) mass is 2730 g/mol. The number of nitrogens with one attached hydrogen (secondary N) is 1. The molecule has 140 heavy (non-hydrogen) atoms. The number of methoxy groups -OCH3 is 1. The second-order valence-electron chi connectivity index (χ2n) is 33.4. The van der Waals surface area contributed by atoms with Gasteiger partial charge in [0.15, 0.2) is 0 Å². The first-order chi connectivity index (χ1) is 65.5. The van der Waals surface area contributed by atoms with Crippen molar-refractivity contribution in [1.82, 2.24) is 53.2 Å². The number of fused-ring (bicyclic) bond motifs is 9. The molecule has 0 saturated heterocycles. The summed E-state index contributed by atoms with van der Waals surface area (Å²) in [5, 5.41) is 55.8. The number of benzene rings is 13. The number of rotatable bonds is 15. The number of hydrogen-bond acceptors (Lipinski definition) is 13. The molecule has 0 aliphatic carbocycles. The van der Waals surface area contributed by atoms with Crippen molar-refractivity contribution in [3.05, 3.63) is 395 Å². The Labute approximate surface area is 878 Å². The first-order valence-electron chi connectivity index (χ1n) is 43.7. The molecule has 0 saturated carbocycles. The number of H-pyrrole nitrogens is 1. The summed E-state index contributed by atoms with van der Waals surface area (Å²) in [4.78, 5) is 32.6. The first kappa shape index (κ1) is 106. The van der Waals surface area contributed by atoms with Crippen LogP contribution in [0.1, 0.15) is 146 Å². The Morgan fingerprint density at radius 3 is 1.39 bits per heavy atom. The van der Waals surface area contributed by atoms with E-state index in [0.29, 0.717) is 34.6 Å². The molecule has 1 N–H and O–H groups in total. The van der Waals surface area contributed by atoms with Crippen molar-refractivity contribution in [2.45, 2.75) is 99.8 Å². The third-order valence-electron chi connectivity index (χ3n) is 23.1. The third kappa shape index (κ3) is 22.3. The number of nitriles is 5. The number of aromatic nitrogens is 11. The smallest absolute Gasteiger partial charge is 0.148 e. The Kier molecular flexibility index (Phi) is 35.7. The van der Waals surface area contributed by atoms with Crippen LogP contribution in [0, 0.1) is 126 Å².